The summed E-state index contributed by atoms with van der Waals surface area (Å²) in [7, 11) is 0. The number of aromatic amines is 1. The van der Waals surface area contributed by atoms with E-state index in [2.05, 4.69) is 64.8 Å². The van der Waals surface area contributed by atoms with Gasteiger partial charge in [0.2, 0.25) is 0 Å². The van der Waals surface area contributed by atoms with Crippen molar-refractivity contribution in [2.45, 2.75) is 37.5 Å². The number of H-pyrrole nitrogens is 1. The Labute approximate surface area is 129 Å². The van der Waals surface area contributed by atoms with Crippen molar-refractivity contribution in [1.82, 2.24) is 9.55 Å². The van der Waals surface area contributed by atoms with Gasteiger partial charge in [-0.15, -0.1) is 0 Å². The molecule has 1 heterocycles. The van der Waals surface area contributed by atoms with Crippen LogP contribution in [0.2, 0.25) is 0 Å². The quantitative estimate of drug-likeness (QED) is 0.797. The van der Waals surface area contributed by atoms with E-state index in [-0.39, 0.29) is 0 Å². The Morgan fingerprint density at radius 2 is 2.10 bits per heavy atom. The van der Waals surface area contributed by atoms with Crippen LogP contribution in [0.25, 0.3) is 11.3 Å². The van der Waals surface area contributed by atoms with Crippen molar-refractivity contribution in [2.75, 3.05) is 5.75 Å². The predicted octanol–water partition coefficient (Wildman–Crippen LogP) is 5.06. The van der Waals surface area contributed by atoms with Crippen LogP contribution in [-0.2, 0) is 0 Å². The molecule has 0 bridgehead atoms. The standard InChI is InChI=1S/C16H20N2S2/c1-2-20-15-10-6-9-13(15)18-14(11-17-16(18)19)12-7-4-3-5-8-12/h3-5,7-8,11,13,15H,2,6,9-10H2,1H3,(H,17,19). The Morgan fingerprint density at radius 3 is 2.85 bits per heavy atom. The first-order chi connectivity index (χ1) is 9.81. The molecule has 1 saturated carbocycles. The molecule has 1 fully saturated rings. The Morgan fingerprint density at radius 1 is 1.30 bits per heavy atom. The number of nitrogens with one attached hydrogen (secondary N) is 1. The van der Waals surface area contributed by atoms with E-state index in [1.54, 1.807) is 0 Å². The van der Waals surface area contributed by atoms with Crippen molar-refractivity contribution in [1.29, 1.82) is 0 Å². The minimum Gasteiger partial charge on any atom is -0.337 e. The molecule has 106 valence electrons. The van der Waals surface area contributed by atoms with Crippen molar-refractivity contribution in [3.05, 3.63) is 41.3 Å². The van der Waals surface area contributed by atoms with Gasteiger partial charge in [-0.1, -0.05) is 43.7 Å². The van der Waals surface area contributed by atoms with E-state index >= 15 is 0 Å². The molecule has 0 spiro atoms. The van der Waals surface area contributed by atoms with Crippen LogP contribution in [0.15, 0.2) is 36.5 Å². The van der Waals surface area contributed by atoms with Gasteiger partial charge in [-0.3, -0.25) is 0 Å². The first-order valence-electron chi connectivity index (χ1n) is 7.28. The molecule has 1 aromatic carbocycles. The second kappa shape index (κ2) is 6.19. The highest BCUT2D eigenvalue weighted by molar-refractivity contribution is 7.99. The molecule has 1 aromatic heterocycles. The number of nitrogens with zero attached hydrogens (tertiary/aromatic N) is 1. The number of rotatable bonds is 4. The lowest BCUT2D eigenvalue weighted by Crippen LogP contribution is -2.17. The van der Waals surface area contributed by atoms with E-state index in [4.69, 9.17) is 12.2 Å². The second-order valence-electron chi connectivity index (χ2n) is 5.21. The van der Waals surface area contributed by atoms with Gasteiger partial charge in [-0.25, -0.2) is 0 Å². The van der Waals surface area contributed by atoms with Gasteiger partial charge < -0.3 is 9.55 Å². The Hall–Kier alpha value is -1.00. The first kappa shape index (κ1) is 14.0. The minimum atomic E-state index is 0.536. The van der Waals surface area contributed by atoms with Crippen LogP contribution >= 0.6 is 24.0 Å². The van der Waals surface area contributed by atoms with Crippen molar-refractivity contribution in [3.63, 3.8) is 0 Å². The molecule has 0 radical (unpaired) electrons. The van der Waals surface area contributed by atoms with Gasteiger partial charge in [0.1, 0.15) is 0 Å². The van der Waals surface area contributed by atoms with Crippen molar-refractivity contribution < 1.29 is 0 Å². The van der Waals surface area contributed by atoms with Crippen LogP contribution in [0.5, 0.6) is 0 Å². The average Bonchev–Trinajstić information content (AvgIpc) is 3.06. The Balaban J connectivity index is 2.01. The van der Waals surface area contributed by atoms with Crippen molar-refractivity contribution in [2.24, 2.45) is 0 Å². The average molecular weight is 304 g/mol. The Kier molecular flexibility index (Phi) is 4.32. The first-order valence-corrected chi connectivity index (χ1v) is 8.74. The molecule has 2 unspecified atom stereocenters. The predicted molar refractivity (Wildman–Crippen MR) is 89.9 cm³/mol. The molecule has 0 aliphatic heterocycles. The summed E-state index contributed by atoms with van der Waals surface area (Å²) in [5.41, 5.74) is 2.47. The van der Waals surface area contributed by atoms with Gasteiger partial charge in [-0.05, 0) is 36.4 Å². The van der Waals surface area contributed by atoms with Gasteiger partial charge in [-0.2, -0.15) is 11.8 Å². The summed E-state index contributed by atoms with van der Waals surface area (Å²) in [6, 6.07) is 11.1. The summed E-state index contributed by atoms with van der Waals surface area (Å²) in [5.74, 6) is 1.18. The molecular formula is C16H20N2S2. The van der Waals surface area contributed by atoms with Crippen LogP contribution in [0.1, 0.15) is 32.2 Å². The van der Waals surface area contributed by atoms with E-state index in [1.807, 2.05) is 0 Å². The van der Waals surface area contributed by atoms with Gasteiger partial charge in [0.25, 0.3) is 0 Å². The number of benzene rings is 1. The molecular weight excluding hydrogens is 284 g/mol. The number of hydrogen-bond donors (Lipinski definition) is 1. The SMILES string of the molecule is CCSC1CCCC1n1c(-c2ccccc2)c[nH]c1=S. The Bertz CT molecular complexity index is 615. The van der Waals surface area contributed by atoms with E-state index in [0.717, 1.165) is 4.77 Å². The van der Waals surface area contributed by atoms with Crippen LogP contribution < -0.4 is 0 Å². The molecule has 0 amide bonds. The van der Waals surface area contributed by atoms with Crippen LogP contribution in [-0.4, -0.2) is 20.6 Å². The maximum absolute atomic E-state index is 5.54. The lowest BCUT2D eigenvalue weighted by Gasteiger charge is -2.22. The molecule has 1 N–H and O–H groups in total. The highest BCUT2D eigenvalue weighted by Crippen LogP contribution is 2.40. The van der Waals surface area contributed by atoms with Crippen molar-refractivity contribution in [3.8, 4) is 11.3 Å². The maximum atomic E-state index is 5.54. The van der Waals surface area contributed by atoms with Crippen LogP contribution in [0, 0.1) is 4.77 Å². The third-order valence-corrected chi connectivity index (χ3v) is 5.64. The number of thioether (sulfide) groups is 1. The van der Waals surface area contributed by atoms with E-state index in [1.165, 1.54) is 36.3 Å². The number of imidazole rings is 1. The summed E-state index contributed by atoms with van der Waals surface area (Å²) in [5, 5.41) is 0.699. The topological polar surface area (TPSA) is 20.7 Å². The molecule has 2 nitrogen and oxygen atoms in total. The summed E-state index contributed by atoms with van der Waals surface area (Å²) >= 11 is 7.62. The molecule has 4 heteroatoms. The highest BCUT2D eigenvalue weighted by Gasteiger charge is 2.30. The molecule has 1 aliphatic rings. The number of hydrogen-bond acceptors (Lipinski definition) is 2. The third-order valence-electron chi connectivity index (χ3n) is 4.01. The summed E-state index contributed by atoms with van der Waals surface area (Å²) in [6.07, 6.45) is 5.92. The zero-order valence-electron chi connectivity index (χ0n) is 11.7. The highest BCUT2D eigenvalue weighted by atomic mass is 32.2. The lowest BCUT2D eigenvalue weighted by atomic mass is 10.1. The molecule has 2 aromatic rings. The molecule has 20 heavy (non-hydrogen) atoms. The fraction of sp³-hybridized carbons (Fsp3) is 0.438. The van der Waals surface area contributed by atoms with Crippen LogP contribution in [0.3, 0.4) is 0 Å². The maximum Gasteiger partial charge on any atom is 0.177 e. The van der Waals surface area contributed by atoms with E-state index in [0.29, 0.717) is 11.3 Å². The summed E-state index contributed by atoms with van der Waals surface area (Å²) in [4.78, 5) is 3.24. The fourth-order valence-electron chi connectivity index (χ4n) is 3.15. The normalized spacial score (nSPS) is 22.2. The monoisotopic (exact) mass is 304 g/mol. The van der Waals surface area contributed by atoms with Crippen molar-refractivity contribution >= 4 is 24.0 Å². The second-order valence-corrected chi connectivity index (χ2v) is 7.11. The molecule has 0 saturated heterocycles. The van der Waals surface area contributed by atoms with Gasteiger partial charge in [0.15, 0.2) is 4.77 Å². The molecule has 3 rings (SSSR count). The lowest BCUT2D eigenvalue weighted by molar-refractivity contribution is 0.527. The minimum absolute atomic E-state index is 0.536. The summed E-state index contributed by atoms with van der Waals surface area (Å²) < 4.78 is 3.21. The van der Waals surface area contributed by atoms with Crippen LogP contribution in [0.4, 0.5) is 0 Å². The van der Waals surface area contributed by atoms with E-state index < -0.39 is 0 Å². The van der Waals surface area contributed by atoms with Gasteiger partial charge >= 0.3 is 0 Å². The molecule has 2 atom stereocenters. The number of aromatic nitrogens is 2. The smallest absolute Gasteiger partial charge is 0.177 e. The summed E-state index contributed by atoms with van der Waals surface area (Å²) in [6.45, 7) is 2.24. The zero-order chi connectivity index (χ0) is 13.9. The van der Waals surface area contributed by atoms with Gasteiger partial charge in [0, 0.05) is 17.5 Å². The molecule has 1 aliphatic carbocycles. The zero-order valence-corrected chi connectivity index (χ0v) is 13.3. The largest absolute Gasteiger partial charge is 0.337 e. The fourth-order valence-corrected chi connectivity index (χ4v) is 4.68. The van der Waals surface area contributed by atoms with E-state index in [9.17, 15) is 0 Å². The third kappa shape index (κ3) is 2.59. The van der Waals surface area contributed by atoms with Gasteiger partial charge in [0.05, 0.1) is 5.69 Å².